The third-order valence-electron chi connectivity index (χ3n) is 1.82. The predicted octanol–water partition coefficient (Wildman–Crippen LogP) is 0.351. The van der Waals surface area contributed by atoms with Crippen molar-refractivity contribution in [3.63, 3.8) is 0 Å². The van der Waals surface area contributed by atoms with Gasteiger partial charge in [0.15, 0.2) is 0 Å². The summed E-state index contributed by atoms with van der Waals surface area (Å²) in [6.07, 6.45) is -0.550. The van der Waals surface area contributed by atoms with Crippen LogP contribution in [0.4, 0.5) is 0 Å². The lowest BCUT2D eigenvalue weighted by molar-refractivity contribution is 0.0318. The highest BCUT2D eigenvalue weighted by atomic mass is 32.7. The molecule has 78 valence electrons. The van der Waals surface area contributed by atoms with E-state index in [2.05, 4.69) is 0 Å². The van der Waals surface area contributed by atoms with E-state index < -0.39 is 19.0 Å². The lowest BCUT2D eigenvalue weighted by Crippen LogP contribution is -2.23. The van der Waals surface area contributed by atoms with Gasteiger partial charge in [-0.15, -0.1) is 0 Å². The number of rotatable bonds is 3. The number of ether oxygens (including phenoxy) is 1. The average molecular weight is 228 g/mol. The van der Waals surface area contributed by atoms with Crippen molar-refractivity contribution in [3.05, 3.63) is 0 Å². The Morgan fingerprint density at radius 3 is 2.62 bits per heavy atom. The first kappa shape index (κ1) is 11.5. The molecule has 0 bridgehead atoms. The molecule has 0 aromatic carbocycles. The molecule has 1 aliphatic rings. The third-order valence-corrected chi connectivity index (χ3v) is 4.09. The first-order valence-corrected chi connectivity index (χ1v) is 7.12. The normalized spacial score (nSPS) is 35.2. The fraction of sp³-hybridized carbons (Fsp3) is 1.00. The van der Waals surface area contributed by atoms with Crippen molar-refractivity contribution in [2.24, 2.45) is 0 Å². The highest BCUT2D eigenvalue weighted by molar-refractivity contribution is 8.54. The molecule has 0 amide bonds. The molecular formula is C6H13O5PS. The predicted molar refractivity (Wildman–Crippen MR) is 49.5 cm³/mol. The minimum atomic E-state index is -4.04. The van der Waals surface area contributed by atoms with Gasteiger partial charge in [-0.3, -0.25) is 0 Å². The zero-order valence-corrected chi connectivity index (χ0v) is 8.87. The van der Waals surface area contributed by atoms with Crippen molar-refractivity contribution in [2.45, 2.75) is 31.7 Å². The zero-order valence-electron chi connectivity index (χ0n) is 7.16. The second kappa shape index (κ2) is 4.29. The number of hydrogen-bond donors (Lipinski definition) is 3. The second-order valence-corrected chi connectivity index (χ2v) is 6.85. The average Bonchev–Trinajstić information content (AvgIpc) is 2.24. The maximum atomic E-state index is 10.5. The maximum Gasteiger partial charge on any atom is 0.384 e. The topological polar surface area (TPSA) is 87.0 Å². The molecule has 0 spiro atoms. The highest BCUT2D eigenvalue weighted by Gasteiger charge is 2.32. The van der Waals surface area contributed by atoms with Crippen LogP contribution in [-0.2, 0) is 9.30 Å². The molecule has 0 aromatic heterocycles. The Kier molecular flexibility index (Phi) is 3.80. The summed E-state index contributed by atoms with van der Waals surface area (Å²) in [6, 6.07) is 0. The van der Waals surface area contributed by atoms with E-state index in [0.29, 0.717) is 17.8 Å². The van der Waals surface area contributed by atoms with Gasteiger partial charge in [-0.1, -0.05) is 0 Å². The molecule has 1 heterocycles. The van der Waals surface area contributed by atoms with Crippen LogP contribution in [0.1, 0.15) is 13.3 Å². The van der Waals surface area contributed by atoms with Gasteiger partial charge in [-0.25, -0.2) is 4.57 Å². The van der Waals surface area contributed by atoms with Crippen molar-refractivity contribution >= 4 is 18.2 Å². The zero-order chi connectivity index (χ0) is 10.1. The van der Waals surface area contributed by atoms with E-state index in [0.717, 1.165) is 0 Å². The molecule has 3 atom stereocenters. The molecule has 7 heteroatoms. The van der Waals surface area contributed by atoms with Crippen LogP contribution in [0.25, 0.3) is 0 Å². The molecule has 3 N–H and O–H groups in total. The van der Waals surface area contributed by atoms with Gasteiger partial charge < -0.3 is 19.6 Å². The van der Waals surface area contributed by atoms with E-state index in [1.807, 2.05) is 6.92 Å². The summed E-state index contributed by atoms with van der Waals surface area (Å²) in [4.78, 5) is 17.1. The second-order valence-electron chi connectivity index (χ2n) is 3.07. The van der Waals surface area contributed by atoms with Crippen LogP contribution in [-0.4, -0.2) is 39.0 Å². The molecule has 0 aromatic rings. The van der Waals surface area contributed by atoms with Crippen LogP contribution >= 0.6 is 18.2 Å². The summed E-state index contributed by atoms with van der Waals surface area (Å²) < 4.78 is 15.8. The Morgan fingerprint density at radius 2 is 2.23 bits per heavy atom. The summed E-state index contributed by atoms with van der Waals surface area (Å²) in [5, 5.41) is 9.36. The van der Waals surface area contributed by atoms with Gasteiger partial charge in [-0.05, 0) is 18.3 Å². The van der Waals surface area contributed by atoms with E-state index in [-0.39, 0.29) is 11.9 Å². The van der Waals surface area contributed by atoms with Crippen LogP contribution in [0.2, 0.25) is 0 Å². The van der Waals surface area contributed by atoms with E-state index in [1.165, 1.54) is 0 Å². The van der Waals surface area contributed by atoms with Gasteiger partial charge in [0, 0.05) is 12.2 Å². The smallest absolute Gasteiger partial charge is 0.384 e. The van der Waals surface area contributed by atoms with E-state index in [9.17, 15) is 9.67 Å². The van der Waals surface area contributed by atoms with E-state index in [4.69, 9.17) is 14.5 Å². The maximum absolute atomic E-state index is 10.5. The van der Waals surface area contributed by atoms with Crippen LogP contribution in [0.3, 0.4) is 0 Å². The lowest BCUT2D eigenvalue weighted by Gasteiger charge is -2.13. The monoisotopic (exact) mass is 228 g/mol. The fourth-order valence-electron chi connectivity index (χ4n) is 1.26. The van der Waals surface area contributed by atoms with Crippen molar-refractivity contribution in [1.29, 1.82) is 0 Å². The van der Waals surface area contributed by atoms with Gasteiger partial charge in [0.2, 0.25) is 0 Å². The Bertz CT molecular complexity index is 217. The molecular weight excluding hydrogens is 215 g/mol. The Labute approximate surface area is 80.4 Å². The van der Waals surface area contributed by atoms with E-state index in [1.54, 1.807) is 0 Å². The summed E-state index contributed by atoms with van der Waals surface area (Å²) >= 11 is 0.518. The molecule has 0 radical (unpaired) electrons. The first-order valence-electron chi connectivity index (χ1n) is 3.92. The summed E-state index contributed by atoms with van der Waals surface area (Å²) in [5.74, 6) is 0.135. The first-order chi connectivity index (χ1) is 5.88. The minimum absolute atomic E-state index is 0.0302. The lowest BCUT2D eigenvalue weighted by atomic mass is 10.2. The number of hydrogen-bond acceptors (Lipinski definition) is 4. The molecule has 5 nitrogen and oxygen atoms in total. The molecule has 1 rings (SSSR count). The Morgan fingerprint density at radius 1 is 1.62 bits per heavy atom. The Balaban J connectivity index is 2.34. The number of aliphatic hydroxyl groups excluding tert-OH is 1. The minimum Gasteiger partial charge on any atom is -0.390 e. The van der Waals surface area contributed by atoms with Gasteiger partial charge in [0.1, 0.15) is 0 Å². The van der Waals surface area contributed by atoms with Crippen molar-refractivity contribution in [2.75, 3.05) is 5.75 Å². The molecule has 1 aliphatic heterocycles. The van der Waals surface area contributed by atoms with Crippen LogP contribution in [0.5, 0.6) is 0 Å². The Hall–Kier alpha value is 0.420. The standard InChI is InChI=1S/C6H13O5PS/c1-4-2-5(7)6(11-4)3-13-12(8,9)10/h4-7H,2-3H2,1H3,(H2,8,9,10). The summed E-state index contributed by atoms with van der Waals surface area (Å²) in [6.45, 7) is -2.21. The fourth-order valence-corrected chi connectivity index (χ4v) is 2.92. The third kappa shape index (κ3) is 3.97. The van der Waals surface area contributed by atoms with E-state index >= 15 is 0 Å². The highest BCUT2D eigenvalue weighted by Crippen LogP contribution is 2.51. The van der Waals surface area contributed by atoms with Crippen molar-refractivity contribution < 1.29 is 24.2 Å². The van der Waals surface area contributed by atoms with Crippen LogP contribution in [0.15, 0.2) is 0 Å². The summed E-state index contributed by atoms with van der Waals surface area (Å²) in [7, 11) is 0. The van der Waals surface area contributed by atoms with Gasteiger partial charge in [0.05, 0.1) is 18.3 Å². The quantitative estimate of drug-likeness (QED) is 0.604. The van der Waals surface area contributed by atoms with Crippen molar-refractivity contribution in [3.8, 4) is 0 Å². The van der Waals surface area contributed by atoms with Gasteiger partial charge in [0.25, 0.3) is 0 Å². The van der Waals surface area contributed by atoms with Crippen LogP contribution in [0, 0.1) is 0 Å². The molecule has 0 saturated carbocycles. The molecule has 0 aliphatic carbocycles. The van der Waals surface area contributed by atoms with Crippen LogP contribution < -0.4 is 0 Å². The largest absolute Gasteiger partial charge is 0.390 e. The van der Waals surface area contributed by atoms with Crippen molar-refractivity contribution in [1.82, 2.24) is 0 Å². The molecule has 1 saturated heterocycles. The molecule has 13 heavy (non-hydrogen) atoms. The number of aliphatic hydroxyl groups is 1. The van der Waals surface area contributed by atoms with Gasteiger partial charge >= 0.3 is 6.80 Å². The SMILES string of the molecule is CC1CC(O)C(CSP(=O)(O)O)O1. The van der Waals surface area contributed by atoms with Gasteiger partial charge in [-0.2, -0.15) is 0 Å². The summed E-state index contributed by atoms with van der Waals surface area (Å²) in [5.41, 5.74) is 0. The molecule has 1 fully saturated rings. The molecule has 3 unspecified atom stereocenters.